The van der Waals surface area contributed by atoms with Crippen molar-refractivity contribution in [2.24, 2.45) is 0 Å². The first-order valence-corrected chi connectivity index (χ1v) is 10.3. The lowest BCUT2D eigenvalue weighted by Crippen LogP contribution is -2.42. The minimum absolute atomic E-state index is 0.0285. The van der Waals surface area contributed by atoms with Gasteiger partial charge < -0.3 is 24.4 Å². The highest BCUT2D eigenvalue weighted by Gasteiger charge is 2.19. The molecule has 3 rings (SSSR count). The van der Waals surface area contributed by atoms with Crippen molar-refractivity contribution in [1.82, 2.24) is 9.80 Å². The molecule has 2 aromatic carbocycles. The van der Waals surface area contributed by atoms with Crippen molar-refractivity contribution in [1.29, 1.82) is 0 Å². The normalized spacial score (nSPS) is 12.0. The van der Waals surface area contributed by atoms with Crippen molar-refractivity contribution >= 4 is 17.5 Å². The fourth-order valence-electron chi connectivity index (χ4n) is 3.28. The molecule has 0 radical (unpaired) electrons. The van der Waals surface area contributed by atoms with Crippen molar-refractivity contribution in [3.05, 3.63) is 48.0 Å². The Balaban J connectivity index is 1.53. The summed E-state index contributed by atoms with van der Waals surface area (Å²) < 4.78 is 15.9. The van der Waals surface area contributed by atoms with Crippen molar-refractivity contribution in [2.75, 3.05) is 45.4 Å². The number of fused-ring (bicyclic) bond motifs is 1. The number of carbonyl (C=O) groups is 2. The van der Waals surface area contributed by atoms with Gasteiger partial charge in [0.15, 0.2) is 11.5 Å². The van der Waals surface area contributed by atoms with E-state index in [2.05, 4.69) is 5.32 Å². The summed E-state index contributed by atoms with van der Waals surface area (Å²) in [6.45, 7) is 6.04. The summed E-state index contributed by atoms with van der Waals surface area (Å²) in [5, 5.41) is 2.85. The van der Waals surface area contributed by atoms with E-state index in [1.807, 2.05) is 36.9 Å². The molecule has 0 atom stereocenters. The first kappa shape index (κ1) is 22.4. The molecule has 2 amide bonds. The standard InChI is InChI=1S/C23H29N3O5/c1-4-25(14-22(27)24-18-7-9-19(29-3)10-8-18)15-23(28)26(5-2)13-17-6-11-20-21(12-17)31-16-30-20/h6-12H,4-5,13-16H2,1-3H3,(H,24,27). The zero-order valence-corrected chi connectivity index (χ0v) is 18.2. The van der Waals surface area contributed by atoms with Gasteiger partial charge in [-0.15, -0.1) is 0 Å². The van der Waals surface area contributed by atoms with Gasteiger partial charge in [0.2, 0.25) is 18.6 Å². The van der Waals surface area contributed by atoms with Crippen molar-refractivity contribution in [3.8, 4) is 17.2 Å². The maximum absolute atomic E-state index is 12.9. The number of hydrogen-bond acceptors (Lipinski definition) is 6. The number of carbonyl (C=O) groups excluding carboxylic acids is 2. The molecule has 31 heavy (non-hydrogen) atoms. The fourth-order valence-corrected chi connectivity index (χ4v) is 3.28. The minimum atomic E-state index is -0.168. The van der Waals surface area contributed by atoms with E-state index >= 15 is 0 Å². The average Bonchev–Trinajstić information content (AvgIpc) is 3.25. The van der Waals surface area contributed by atoms with Gasteiger partial charge in [0.05, 0.1) is 20.2 Å². The molecule has 0 unspecified atom stereocenters. The average molecular weight is 428 g/mol. The highest BCUT2D eigenvalue weighted by atomic mass is 16.7. The molecule has 2 aromatic rings. The topological polar surface area (TPSA) is 80.3 Å². The molecule has 0 bridgehead atoms. The third-order valence-electron chi connectivity index (χ3n) is 5.09. The number of nitrogens with one attached hydrogen (secondary N) is 1. The molecule has 8 heteroatoms. The van der Waals surface area contributed by atoms with Crippen LogP contribution in [-0.2, 0) is 16.1 Å². The summed E-state index contributed by atoms with van der Waals surface area (Å²) in [7, 11) is 1.59. The van der Waals surface area contributed by atoms with Crippen LogP contribution in [0.1, 0.15) is 19.4 Å². The van der Waals surface area contributed by atoms with Crippen LogP contribution in [0, 0.1) is 0 Å². The van der Waals surface area contributed by atoms with E-state index in [-0.39, 0.29) is 31.7 Å². The second-order valence-electron chi connectivity index (χ2n) is 7.18. The highest BCUT2D eigenvalue weighted by molar-refractivity contribution is 5.92. The Bertz CT molecular complexity index is 901. The van der Waals surface area contributed by atoms with Crippen LogP contribution in [0.25, 0.3) is 0 Å². The van der Waals surface area contributed by atoms with E-state index in [0.29, 0.717) is 31.1 Å². The van der Waals surface area contributed by atoms with Gasteiger partial charge in [0.25, 0.3) is 0 Å². The molecule has 8 nitrogen and oxygen atoms in total. The molecule has 1 N–H and O–H groups in total. The van der Waals surface area contributed by atoms with E-state index in [9.17, 15) is 9.59 Å². The molecule has 0 saturated carbocycles. The van der Waals surface area contributed by atoms with Gasteiger partial charge in [0.1, 0.15) is 5.75 Å². The Morgan fingerprint density at radius 1 is 1.00 bits per heavy atom. The summed E-state index contributed by atoms with van der Waals surface area (Å²) in [6.07, 6.45) is 0. The number of amides is 2. The number of likely N-dealkylation sites (N-methyl/N-ethyl adjacent to an activating group) is 2. The van der Waals surface area contributed by atoms with Crippen LogP contribution in [0.3, 0.4) is 0 Å². The quantitative estimate of drug-likeness (QED) is 0.628. The zero-order valence-electron chi connectivity index (χ0n) is 18.2. The highest BCUT2D eigenvalue weighted by Crippen LogP contribution is 2.32. The summed E-state index contributed by atoms with van der Waals surface area (Å²) in [5.41, 5.74) is 1.66. The second kappa shape index (κ2) is 10.7. The van der Waals surface area contributed by atoms with E-state index in [1.54, 1.807) is 36.3 Å². The molecule has 0 aliphatic carbocycles. The number of methoxy groups -OCH3 is 1. The predicted octanol–water partition coefficient (Wildman–Crippen LogP) is 2.73. The monoisotopic (exact) mass is 427 g/mol. The lowest BCUT2D eigenvalue weighted by Gasteiger charge is -2.26. The number of anilines is 1. The molecule has 1 aliphatic heterocycles. The Labute approximate surface area is 182 Å². The summed E-state index contributed by atoms with van der Waals surface area (Å²) in [4.78, 5) is 28.9. The number of nitrogens with zero attached hydrogens (tertiary/aromatic N) is 2. The fraction of sp³-hybridized carbons (Fsp3) is 0.391. The molecule has 0 saturated heterocycles. The summed E-state index contributed by atoms with van der Waals surface area (Å²) >= 11 is 0. The van der Waals surface area contributed by atoms with Crippen LogP contribution in [0.4, 0.5) is 5.69 Å². The van der Waals surface area contributed by atoms with Crippen molar-refractivity contribution in [2.45, 2.75) is 20.4 Å². The van der Waals surface area contributed by atoms with Crippen LogP contribution < -0.4 is 19.5 Å². The second-order valence-corrected chi connectivity index (χ2v) is 7.18. The van der Waals surface area contributed by atoms with E-state index < -0.39 is 0 Å². The van der Waals surface area contributed by atoms with Gasteiger partial charge in [-0.2, -0.15) is 0 Å². The molecule has 166 valence electrons. The first-order valence-electron chi connectivity index (χ1n) is 10.3. The lowest BCUT2D eigenvalue weighted by atomic mass is 10.2. The number of ether oxygens (including phenoxy) is 3. The largest absolute Gasteiger partial charge is 0.497 e. The first-order chi connectivity index (χ1) is 15.0. The van der Waals surface area contributed by atoms with Gasteiger partial charge in [-0.05, 0) is 55.4 Å². The Morgan fingerprint density at radius 2 is 1.74 bits per heavy atom. The number of hydrogen-bond donors (Lipinski definition) is 1. The molecule has 1 heterocycles. The molecule has 0 aromatic heterocycles. The molecular weight excluding hydrogens is 398 g/mol. The smallest absolute Gasteiger partial charge is 0.238 e. The van der Waals surface area contributed by atoms with Crippen molar-refractivity contribution < 1.29 is 23.8 Å². The van der Waals surface area contributed by atoms with Crippen molar-refractivity contribution in [3.63, 3.8) is 0 Å². The SMILES string of the molecule is CCN(CC(=O)Nc1ccc(OC)cc1)CC(=O)N(CC)Cc1ccc2c(c1)OCO2. The molecule has 0 fully saturated rings. The van der Waals surface area contributed by atoms with Crippen LogP contribution in [0.2, 0.25) is 0 Å². The summed E-state index contributed by atoms with van der Waals surface area (Å²) in [6, 6.07) is 12.8. The Morgan fingerprint density at radius 3 is 2.42 bits per heavy atom. The van der Waals surface area contributed by atoms with Crippen LogP contribution in [-0.4, -0.2) is 61.7 Å². The van der Waals surface area contributed by atoms with Gasteiger partial charge in [0, 0.05) is 18.8 Å². The van der Waals surface area contributed by atoms with Gasteiger partial charge in [-0.1, -0.05) is 13.0 Å². The zero-order chi connectivity index (χ0) is 22.2. The third-order valence-corrected chi connectivity index (χ3v) is 5.09. The van der Waals surface area contributed by atoms with Gasteiger partial charge >= 0.3 is 0 Å². The van der Waals surface area contributed by atoms with Crippen LogP contribution >= 0.6 is 0 Å². The molecule has 0 spiro atoms. The lowest BCUT2D eigenvalue weighted by molar-refractivity contribution is -0.133. The third kappa shape index (κ3) is 6.11. The molecular formula is C23H29N3O5. The Kier molecular flexibility index (Phi) is 7.72. The maximum atomic E-state index is 12.9. The number of benzene rings is 2. The Hall–Kier alpha value is -3.26. The maximum Gasteiger partial charge on any atom is 0.238 e. The van der Waals surface area contributed by atoms with E-state index in [4.69, 9.17) is 14.2 Å². The van der Waals surface area contributed by atoms with Gasteiger partial charge in [-0.3, -0.25) is 14.5 Å². The van der Waals surface area contributed by atoms with E-state index in [0.717, 1.165) is 17.1 Å². The van der Waals surface area contributed by atoms with Gasteiger partial charge in [-0.25, -0.2) is 0 Å². The van der Waals surface area contributed by atoms with E-state index in [1.165, 1.54) is 0 Å². The molecule has 1 aliphatic rings. The minimum Gasteiger partial charge on any atom is -0.497 e. The van der Waals surface area contributed by atoms with Crippen LogP contribution in [0.5, 0.6) is 17.2 Å². The predicted molar refractivity (Wildman–Crippen MR) is 117 cm³/mol. The summed E-state index contributed by atoms with van der Waals surface area (Å²) in [5.74, 6) is 1.95. The van der Waals surface area contributed by atoms with Crippen LogP contribution in [0.15, 0.2) is 42.5 Å². The number of rotatable bonds is 10.